The van der Waals surface area contributed by atoms with Gasteiger partial charge in [-0.3, -0.25) is 4.98 Å². The molecule has 0 saturated carbocycles. The van der Waals surface area contributed by atoms with Crippen LogP contribution in [0.5, 0.6) is 0 Å². The molecule has 1 unspecified atom stereocenters. The lowest BCUT2D eigenvalue weighted by atomic mass is 10.3. The second kappa shape index (κ2) is 3.64. The second-order valence-electron chi connectivity index (χ2n) is 3.36. The van der Waals surface area contributed by atoms with E-state index in [2.05, 4.69) is 31.9 Å². The number of rotatable bonds is 1. The summed E-state index contributed by atoms with van der Waals surface area (Å²) in [4.78, 5) is 6.39. The van der Waals surface area contributed by atoms with Crippen molar-refractivity contribution in [1.29, 1.82) is 0 Å². The molecule has 2 N–H and O–H groups in total. The lowest BCUT2D eigenvalue weighted by molar-refractivity contribution is 0.752. The first-order valence-corrected chi connectivity index (χ1v) is 5.16. The van der Waals surface area contributed by atoms with Crippen molar-refractivity contribution in [2.24, 2.45) is 5.73 Å². The van der Waals surface area contributed by atoms with E-state index in [-0.39, 0.29) is 0 Å². The molecule has 13 heavy (non-hydrogen) atoms. The Morgan fingerprint density at radius 2 is 2.38 bits per heavy atom. The van der Waals surface area contributed by atoms with Crippen LogP contribution in [-0.4, -0.2) is 24.1 Å². The summed E-state index contributed by atoms with van der Waals surface area (Å²) in [5.41, 5.74) is 6.98. The third-order valence-electron chi connectivity index (χ3n) is 2.28. The SMILES string of the molecule is NC1CCN(c2cncc(Br)c2)C1. The van der Waals surface area contributed by atoms with Crippen LogP contribution in [0.2, 0.25) is 0 Å². The van der Waals surface area contributed by atoms with Gasteiger partial charge < -0.3 is 10.6 Å². The van der Waals surface area contributed by atoms with Crippen molar-refractivity contribution in [3.05, 3.63) is 22.9 Å². The maximum atomic E-state index is 5.83. The minimum Gasteiger partial charge on any atom is -0.369 e. The Hall–Kier alpha value is -0.610. The summed E-state index contributed by atoms with van der Waals surface area (Å²) in [5, 5.41) is 0. The highest BCUT2D eigenvalue weighted by atomic mass is 79.9. The zero-order valence-electron chi connectivity index (χ0n) is 7.28. The lowest BCUT2D eigenvalue weighted by Gasteiger charge is -2.17. The largest absolute Gasteiger partial charge is 0.369 e. The van der Waals surface area contributed by atoms with E-state index in [1.54, 1.807) is 6.20 Å². The van der Waals surface area contributed by atoms with Gasteiger partial charge in [0.25, 0.3) is 0 Å². The Labute approximate surface area is 86.1 Å². The molecule has 1 saturated heterocycles. The van der Waals surface area contributed by atoms with Crippen molar-refractivity contribution in [1.82, 2.24) is 4.98 Å². The van der Waals surface area contributed by atoms with Gasteiger partial charge in [0.2, 0.25) is 0 Å². The van der Waals surface area contributed by atoms with Crippen molar-refractivity contribution in [2.75, 3.05) is 18.0 Å². The first-order chi connectivity index (χ1) is 6.25. The van der Waals surface area contributed by atoms with E-state index in [4.69, 9.17) is 5.73 Å². The average Bonchev–Trinajstić information content (AvgIpc) is 2.52. The van der Waals surface area contributed by atoms with Gasteiger partial charge in [0.05, 0.1) is 11.9 Å². The van der Waals surface area contributed by atoms with Gasteiger partial charge in [-0.15, -0.1) is 0 Å². The number of nitrogens with zero attached hydrogens (tertiary/aromatic N) is 2. The van der Waals surface area contributed by atoms with Gasteiger partial charge in [-0.1, -0.05) is 0 Å². The summed E-state index contributed by atoms with van der Waals surface area (Å²) >= 11 is 3.40. The molecule has 2 heterocycles. The molecule has 1 atom stereocenters. The molecular weight excluding hydrogens is 230 g/mol. The molecule has 1 aliphatic rings. The molecule has 3 nitrogen and oxygen atoms in total. The zero-order valence-corrected chi connectivity index (χ0v) is 8.87. The molecule has 0 aromatic carbocycles. The predicted octanol–water partition coefficient (Wildman–Crippen LogP) is 1.38. The fourth-order valence-corrected chi connectivity index (χ4v) is 1.95. The van der Waals surface area contributed by atoms with E-state index >= 15 is 0 Å². The van der Waals surface area contributed by atoms with Crippen LogP contribution < -0.4 is 10.6 Å². The van der Waals surface area contributed by atoms with Crippen LogP contribution >= 0.6 is 15.9 Å². The molecule has 0 spiro atoms. The molecule has 0 radical (unpaired) electrons. The highest BCUT2D eigenvalue weighted by Gasteiger charge is 2.19. The predicted molar refractivity (Wildman–Crippen MR) is 56.7 cm³/mol. The number of anilines is 1. The Bertz CT molecular complexity index is 303. The number of hydrogen-bond donors (Lipinski definition) is 1. The topological polar surface area (TPSA) is 42.1 Å². The molecule has 1 aliphatic heterocycles. The van der Waals surface area contributed by atoms with Gasteiger partial charge in [-0.25, -0.2) is 0 Å². The fourth-order valence-electron chi connectivity index (χ4n) is 1.60. The third-order valence-corrected chi connectivity index (χ3v) is 2.71. The van der Waals surface area contributed by atoms with Crippen LogP contribution in [0.1, 0.15) is 6.42 Å². The second-order valence-corrected chi connectivity index (χ2v) is 4.27. The van der Waals surface area contributed by atoms with Crippen LogP contribution in [0, 0.1) is 0 Å². The average molecular weight is 242 g/mol. The molecule has 1 fully saturated rings. The smallest absolute Gasteiger partial charge is 0.0564 e. The van der Waals surface area contributed by atoms with Gasteiger partial charge in [0.15, 0.2) is 0 Å². The van der Waals surface area contributed by atoms with Gasteiger partial charge in [-0.05, 0) is 28.4 Å². The van der Waals surface area contributed by atoms with E-state index in [1.807, 2.05) is 6.20 Å². The van der Waals surface area contributed by atoms with Gasteiger partial charge in [-0.2, -0.15) is 0 Å². The minimum atomic E-state index is 0.319. The number of halogens is 1. The molecule has 0 bridgehead atoms. The maximum Gasteiger partial charge on any atom is 0.0564 e. The van der Waals surface area contributed by atoms with Crippen LogP contribution in [0.4, 0.5) is 5.69 Å². The number of pyridine rings is 1. The van der Waals surface area contributed by atoms with Crippen molar-refractivity contribution in [2.45, 2.75) is 12.5 Å². The summed E-state index contributed by atoms with van der Waals surface area (Å²) < 4.78 is 1.02. The van der Waals surface area contributed by atoms with E-state index in [9.17, 15) is 0 Å². The summed E-state index contributed by atoms with van der Waals surface area (Å²) in [7, 11) is 0. The van der Waals surface area contributed by atoms with E-state index < -0.39 is 0 Å². The molecule has 70 valence electrons. The van der Waals surface area contributed by atoms with E-state index in [1.165, 1.54) is 0 Å². The van der Waals surface area contributed by atoms with Crippen molar-refractivity contribution < 1.29 is 0 Å². The first kappa shape index (κ1) is 8.97. The van der Waals surface area contributed by atoms with Crippen molar-refractivity contribution in [3.8, 4) is 0 Å². The van der Waals surface area contributed by atoms with E-state index in [0.717, 1.165) is 29.7 Å². The minimum absolute atomic E-state index is 0.319. The number of nitrogens with two attached hydrogens (primary N) is 1. The zero-order chi connectivity index (χ0) is 9.26. The normalized spacial score (nSPS) is 22.3. The highest BCUT2D eigenvalue weighted by molar-refractivity contribution is 9.10. The quantitative estimate of drug-likeness (QED) is 0.808. The molecule has 1 aromatic heterocycles. The maximum absolute atomic E-state index is 5.83. The van der Waals surface area contributed by atoms with Gasteiger partial charge in [0, 0.05) is 29.8 Å². The van der Waals surface area contributed by atoms with Gasteiger partial charge >= 0.3 is 0 Å². The summed E-state index contributed by atoms with van der Waals surface area (Å²) in [5.74, 6) is 0. The molecule has 1 aromatic rings. The first-order valence-electron chi connectivity index (χ1n) is 4.37. The molecule has 4 heteroatoms. The summed E-state index contributed by atoms with van der Waals surface area (Å²) in [6.07, 6.45) is 4.74. The fraction of sp³-hybridized carbons (Fsp3) is 0.444. The Morgan fingerprint density at radius 1 is 1.54 bits per heavy atom. The highest BCUT2D eigenvalue weighted by Crippen LogP contribution is 2.21. The Kier molecular flexibility index (Phi) is 2.51. The summed E-state index contributed by atoms with van der Waals surface area (Å²) in [6.45, 7) is 1.98. The van der Waals surface area contributed by atoms with Crippen LogP contribution in [-0.2, 0) is 0 Å². The molecule has 2 rings (SSSR count). The molecule has 0 aliphatic carbocycles. The van der Waals surface area contributed by atoms with Crippen LogP contribution in [0.3, 0.4) is 0 Å². The number of aromatic nitrogens is 1. The van der Waals surface area contributed by atoms with Crippen molar-refractivity contribution in [3.63, 3.8) is 0 Å². The Morgan fingerprint density at radius 3 is 3.00 bits per heavy atom. The molecule has 0 amide bonds. The molecular formula is C9H12BrN3. The number of hydrogen-bond acceptors (Lipinski definition) is 3. The monoisotopic (exact) mass is 241 g/mol. The summed E-state index contributed by atoms with van der Waals surface area (Å²) in [6, 6.07) is 2.39. The lowest BCUT2D eigenvalue weighted by Crippen LogP contribution is -2.26. The van der Waals surface area contributed by atoms with Crippen LogP contribution in [0.15, 0.2) is 22.9 Å². The van der Waals surface area contributed by atoms with Gasteiger partial charge in [0.1, 0.15) is 0 Å². The van der Waals surface area contributed by atoms with E-state index in [0.29, 0.717) is 6.04 Å². The standard InChI is InChI=1S/C9H12BrN3/c10-7-3-9(5-12-4-7)13-2-1-8(11)6-13/h3-5,8H,1-2,6,11H2. The third kappa shape index (κ3) is 2.00. The Balaban J connectivity index is 2.16. The van der Waals surface area contributed by atoms with Crippen molar-refractivity contribution >= 4 is 21.6 Å². The van der Waals surface area contributed by atoms with Crippen LogP contribution in [0.25, 0.3) is 0 Å².